The number of fused-ring (bicyclic) bond motifs is 1. The SMILES string of the molecule is Cc1ccc2nc(Br)nn2n1. The van der Waals surface area contributed by atoms with Gasteiger partial charge in [-0.3, -0.25) is 0 Å². The van der Waals surface area contributed by atoms with Crippen LogP contribution in [0.2, 0.25) is 0 Å². The summed E-state index contributed by atoms with van der Waals surface area (Å²) in [5.41, 5.74) is 1.68. The van der Waals surface area contributed by atoms with Crippen molar-refractivity contribution in [1.29, 1.82) is 0 Å². The molecule has 2 aromatic heterocycles. The summed E-state index contributed by atoms with van der Waals surface area (Å²) in [6.45, 7) is 1.91. The Balaban J connectivity index is 2.82. The predicted octanol–water partition coefficient (Wildman–Crippen LogP) is 1.20. The number of nitrogens with zero attached hydrogens (tertiary/aromatic N) is 4. The highest BCUT2D eigenvalue weighted by Crippen LogP contribution is 2.04. The lowest BCUT2D eigenvalue weighted by molar-refractivity contribution is 0.774. The van der Waals surface area contributed by atoms with Gasteiger partial charge in [0.2, 0.25) is 4.73 Å². The minimum Gasteiger partial charge on any atom is -0.199 e. The maximum atomic E-state index is 4.11. The predicted molar refractivity (Wildman–Crippen MR) is 43.2 cm³/mol. The van der Waals surface area contributed by atoms with Gasteiger partial charge in [0.05, 0.1) is 5.69 Å². The van der Waals surface area contributed by atoms with Gasteiger partial charge in [0, 0.05) is 0 Å². The lowest BCUT2D eigenvalue weighted by Gasteiger charge is -1.89. The molecule has 4 nitrogen and oxygen atoms in total. The standard InChI is InChI=1S/C6H5BrN4/c1-4-2-3-5-8-6(7)10-11(5)9-4/h2-3H,1H3. The van der Waals surface area contributed by atoms with Crippen LogP contribution in [0.25, 0.3) is 5.65 Å². The number of aromatic nitrogens is 4. The van der Waals surface area contributed by atoms with Crippen LogP contribution in [-0.4, -0.2) is 19.8 Å². The molecule has 11 heavy (non-hydrogen) atoms. The van der Waals surface area contributed by atoms with Crippen molar-refractivity contribution in [3.05, 3.63) is 22.6 Å². The third-order valence-electron chi connectivity index (χ3n) is 1.32. The zero-order valence-corrected chi connectivity index (χ0v) is 7.41. The van der Waals surface area contributed by atoms with E-state index in [0.717, 1.165) is 11.3 Å². The van der Waals surface area contributed by atoms with Crippen LogP contribution >= 0.6 is 15.9 Å². The van der Waals surface area contributed by atoms with Gasteiger partial charge in [-0.25, -0.2) is 0 Å². The lowest BCUT2D eigenvalue weighted by atomic mass is 10.4. The first-order chi connectivity index (χ1) is 5.25. The van der Waals surface area contributed by atoms with Crippen LogP contribution in [0.1, 0.15) is 5.69 Å². The Bertz CT molecular complexity index is 394. The maximum absolute atomic E-state index is 4.11. The molecular weight excluding hydrogens is 208 g/mol. The monoisotopic (exact) mass is 212 g/mol. The molecule has 0 saturated carbocycles. The molecule has 2 heterocycles. The summed E-state index contributed by atoms with van der Waals surface area (Å²) >= 11 is 3.17. The molecule has 0 atom stereocenters. The summed E-state index contributed by atoms with van der Waals surface area (Å²) < 4.78 is 2.06. The third kappa shape index (κ3) is 1.11. The maximum Gasteiger partial charge on any atom is 0.220 e. The molecule has 0 N–H and O–H groups in total. The van der Waals surface area contributed by atoms with Crippen LogP contribution in [0, 0.1) is 6.92 Å². The first-order valence-corrected chi connectivity index (χ1v) is 3.91. The zero-order valence-electron chi connectivity index (χ0n) is 5.82. The van der Waals surface area contributed by atoms with Crippen molar-refractivity contribution in [2.45, 2.75) is 6.92 Å². The van der Waals surface area contributed by atoms with E-state index >= 15 is 0 Å². The first-order valence-electron chi connectivity index (χ1n) is 3.12. The van der Waals surface area contributed by atoms with Crippen molar-refractivity contribution in [2.24, 2.45) is 0 Å². The molecule has 2 aromatic rings. The summed E-state index contributed by atoms with van der Waals surface area (Å²) in [5, 5.41) is 8.09. The molecule has 0 amide bonds. The fourth-order valence-corrected chi connectivity index (χ4v) is 1.18. The Kier molecular flexibility index (Phi) is 1.38. The van der Waals surface area contributed by atoms with Gasteiger partial charge in [-0.2, -0.15) is 10.1 Å². The highest BCUT2D eigenvalue weighted by molar-refractivity contribution is 9.10. The Hall–Kier alpha value is -0.970. The normalized spacial score (nSPS) is 10.7. The minimum atomic E-state index is 0.565. The molecule has 56 valence electrons. The lowest BCUT2D eigenvalue weighted by Crippen LogP contribution is -1.94. The second-order valence-corrected chi connectivity index (χ2v) is 2.91. The molecule has 0 aliphatic rings. The summed E-state index contributed by atoms with van der Waals surface area (Å²) in [7, 11) is 0. The largest absolute Gasteiger partial charge is 0.220 e. The number of halogens is 1. The van der Waals surface area contributed by atoms with Crippen molar-refractivity contribution in [3.8, 4) is 0 Å². The molecule has 0 fully saturated rings. The van der Waals surface area contributed by atoms with E-state index in [2.05, 4.69) is 31.1 Å². The summed E-state index contributed by atoms with van der Waals surface area (Å²) in [4.78, 5) is 4.06. The molecule has 0 saturated heterocycles. The van der Waals surface area contributed by atoms with Crippen molar-refractivity contribution in [1.82, 2.24) is 19.8 Å². The Morgan fingerprint density at radius 1 is 1.36 bits per heavy atom. The smallest absolute Gasteiger partial charge is 0.199 e. The second-order valence-electron chi connectivity index (χ2n) is 2.20. The van der Waals surface area contributed by atoms with E-state index in [9.17, 15) is 0 Å². The van der Waals surface area contributed by atoms with Crippen LogP contribution in [-0.2, 0) is 0 Å². The van der Waals surface area contributed by atoms with E-state index in [1.54, 1.807) is 0 Å². The Labute approximate surface area is 71.4 Å². The zero-order chi connectivity index (χ0) is 7.84. The van der Waals surface area contributed by atoms with E-state index in [-0.39, 0.29) is 0 Å². The fraction of sp³-hybridized carbons (Fsp3) is 0.167. The average molecular weight is 213 g/mol. The molecule has 0 aliphatic carbocycles. The average Bonchev–Trinajstić information content (AvgIpc) is 2.27. The number of aryl methyl sites for hydroxylation is 1. The van der Waals surface area contributed by atoms with Gasteiger partial charge in [-0.05, 0) is 35.0 Å². The van der Waals surface area contributed by atoms with E-state index in [1.165, 1.54) is 4.63 Å². The van der Waals surface area contributed by atoms with Crippen molar-refractivity contribution in [2.75, 3.05) is 0 Å². The summed E-state index contributed by atoms with van der Waals surface area (Å²) in [5.74, 6) is 0. The van der Waals surface area contributed by atoms with Gasteiger partial charge in [0.25, 0.3) is 0 Å². The first kappa shape index (κ1) is 6.72. The van der Waals surface area contributed by atoms with Crippen molar-refractivity contribution < 1.29 is 0 Å². The molecule has 5 heteroatoms. The molecule has 2 rings (SSSR count). The van der Waals surface area contributed by atoms with Gasteiger partial charge in [-0.1, -0.05) is 0 Å². The van der Waals surface area contributed by atoms with Crippen LogP contribution in [0.4, 0.5) is 0 Å². The highest BCUT2D eigenvalue weighted by Gasteiger charge is 1.99. The molecular formula is C6H5BrN4. The van der Waals surface area contributed by atoms with E-state index in [0.29, 0.717) is 4.73 Å². The van der Waals surface area contributed by atoms with Crippen LogP contribution < -0.4 is 0 Å². The van der Waals surface area contributed by atoms with Gasteiger partial charge in [0.15, 0.2) is 5.65 Å². The van der Waals surface area contributed by atoms with Crippen molar-refractivity contribution in [3.63, 3.8) is 0 Å². The molecule has 0 radical (unpaired) electrons. The minimum absolute atomic E-state index is 0.565. The Morgan fingerprint density at radius 2 is 2.18 bits per heavy atom. The van der Waals surface area contributed by atoms with Crippen LogP contribution in [0.3, 0.4) is 0 Å². The van der Waals surface area contributed by atoms with Crippen LogP contribution in [0.15, 0.2) is 16.9 Å². The van der Waals surface area contributed by atoms with E-state index in [1.807, 2.05) is 19.1 Å². The van der Waals surface area contributed by atoms with Gasteiger partial charge >= 0.3 is 0 Å². The number of hydrogen-bond acceptors (Lipinski definition) is 3. The quantitative estimate of drug-likeness (QED) is 0.660. The molecule has 0 aliphatic heterocycles. The van der Waals surface area contributed by atoms with Crippen molar-refractivity contribution >= 4 is 21.6 Å². The highest BCUT2D eigenvalue weighted by atomic mass is 79.9. The third-order valence-corrected chi connectivity index (χ3v) is 1.65. The second kappa shape index (κ2) is 2.27. The Morgan fingerprint density at radius 3 is 3.00 bits per heavy atom. The molecule has 0 aromatic carbocycles. The van der Waals surface area contributed by atoms with Crippen LogP contribution in [0.5, 0.6) is 0 Å². The topological polar surface area (TPSA) is 43.1 Å². The number of rotatable bonds is 0. The van der Waals surface area contributed by atoms with Gasteiger partial charge in [-0.15, -0.1) is 9.73 Å². The van der Waals surface area contributed by atoms with Gasteiger partial charge in [0.1, 0.15) is 0 Å². The van der Waals surface area contributed by atoms with E-state index in [4.69, 9.17) is 0 Å². The summed E-state index contributed by atoms with van der Waals surface area (Å²) in [6, 6.07) is 3.77. The van der Waals surface area contributed by atoms with E-state index < -0.39 is 0 Å². The molecule has 0 spiro atoms. The summed E-state index contributed by atoms with van der Waals surface area (Å²) in [6.07, 6.45) is 0. The molecule has 0 unspecified atom stereocenters. The molecule has 0 bridgehead atoms. The number of hydrogen-bond donors (Lipinski definition) is 0. The fourth-order valence-electron chi connectivity index (χ4n) is 0.846. The van der Waals surface area contributed by atoms with Gasteiger partial charge < -0.3 is 0 Å².